The molecule has 142 valence electrons. The molecule has 0 spiro atoms. The van der Waals surface area contributed by atoms with E-state index in [-0.39, 0.29) is 12.1 Å². The fourth-order valence-electron chi connectivity index (χ4n) is 3.99. The number of methoxy groups -OCH3 is 1. The Morgan fingerprint density at radius 3 is 2.96 bits per heavy atom. The number of aromatic amines is 1. The number of benzene rings is 2. The molecule has 1 atom stereocenters. The molecule has 1 unspecified atom stereocenters. The maximum atomic E-state index is 13.0. The summed E-state index contributed by atoms with van der Waals surface area (Å²) in [5.41, 5.74) is 3.06. The van der Waals surface area contributed by atoms with Crippen LogP contribution in [-0.2, 0) is 0 Å². The van der Waals surface area contributed by atoms with Gasteiger partial charge in [0.1, 0.15) is 16.9 Å². The van der Waals surface area contributed by atoms with E-state index in [9.17, 15) is 4.79 Å². The van der Waals surface area contributed by atoms with Crippen molar-refractivity contribution in [3.05, 3.63) is 54.4 Å². The molecule has 7 heteroatoms. The van der Waals surface area contributed by atoms with Crippen molar-refractivity contribution >= 4 is 33.7 Å². The molecular weight excluding hydrogens is 356 g/mol. The molecule has 0 bridgehead atoms. The number of carbonyl (C=O) groups excluding carboxylic acids is 1. The van der Waals surface area contributed by atoms with Crippen molar-refractivity contribution < 1.29 is 13.9 Å². The van der Waals surface area contributed by atoms with E-state index < -0.39 is 0 Å². The summed E-state index contributed by atoms with van der Waals surface area (Å²) in [4.78, 5) is 14.8. The number of amides is 2. The van der Waals surface area contributed by atoms with E-state index in [2.05, 4.69) is 15.5 Å². The van der Waals surface area contributed by atoms with Crippen molar-refractivity contribution in [2.75, 3.05) is 19.0 Å². The second-order valence-corrected chi connectivity index (χ2v) is 6.94. The smallest absolute Gasteiger partial charge is 0.322 e. The van der Waals surface area contributed by atoms with Crippen LogP contribution in [0.3, 0.4) is 0 Å². The van der Waals surface area contributed by atoms with Crippen LogP contribution in [0.4, 0.5) is 10.5 Å². The van der Waals surface area contributed by atoms with Gasteiger partial charge in [-0.3, -0.25) is 5.10 Å². The van der Waals surface area contributed by atoms with Gasteiger partial charge >= 0.3 is 6.03 Å². The molecule has 2 aromatic heterocycles. The van der Waals surface area contributed by atoms with Crippen LogP contribution < -0.4 is 10.1 Å². The first kappa shape index (κ1) is 16.7. The SMILES string of the molecule is COc1cc2c(cc1NC(=O)N1CCCC1c1ccn[nH]1)oc1ccccc12. The van der Waals surface area contributed by atoms with Gasteiger partial charge in [-0.25, -0.2) is 4.79 Å². The summed E-state index contributed by atoms with van der Waals surface area (Å²) in [6.45, 7) is 0.699. The van der Waals surface area contributed by atoms with E-state index in [4.69, 9.17) is 9.15 Å². The van der Waals surface area contributed by atoms with E-state index in [0.717, 1.165) is 34.9 Å². The van der Waals surface area contributed by atoms with Crippen LogP contribution >= 0.6 is 0 Å². The predicted octanol–water partition coefficient (Wildman–Crippen LogP) is 4.69. The third kappa shape index (κ3) is 2.67. The molecule has 1 aliphatic heterocycles. The summed E-state index contributed by atoms with van der Waals surface area (Å²) in [5.74, 6) is 0.602. The number of urea groups is 1. The van der Waals surface area contributed by atoms with Gasteiger partial charge < -0.3 is 19.4 Å². The molecule has 2 N–H and O–H groups in total. The molecule has 3 heterocycles. The normalized spacial score (nSPS) is 16.8. The number of carbonyl (C=O) groups is 1. The number of rotatable bonds is 3. The number of hydrogen-bond acceptors (Lipinski definition) is 4. The predicted molar refractivity (Wildman–Crippen MR) is 107 cm³/mol. The summed E-state index contributed by atoms with van der Waals surface area (Å²) in [7, 11) is 1.60. The lowest BCUT2D eigenvalue weighted by Crippen LogP contribution is -2.34. The highest BCUT2D eigenvalue weighted by Gasteiger charge is 2.31. The molecule has 2 amide bonds. The highest BCUT2D eigenvalue weighted by atomic mass is 16.5. The Bertz CT molecular complexity index is 1150. The van der Waals surface area contributed by atoms with Gasteiger partial charge in [0, 0.05) is 29.6 Å². The second-order valence-electron chi connectivity index (χ2n) is 6.94. The fourth-order valence-corrected chi connectivity index (χ4v) is 3.99. The minimum absolute atomic E-state index is 0.00317. The van der Waals surface area contributed by atoms with Gasteiger partial charge in [0.05, 0.1) is 24.5 Å². The fraction of sp³-hybridized carbons (Fsp3) is 0.238. The van der Waals surface area contributed by atoms with Crippen LogP contribution in [0.25, 0.3) is 21.9 Å². The molecule has 28 heavy (non-hydrogen) atoms. The molecule has 1 aliphatic rings. The summed E-state index contributed by atoms with van der Waals surface area (Å²) < 4.78 is 11.5. The number of nitrogens with one attached hydrogen (secondary N) is 2. The van der Waals surface area contributed by atoms with Gasteiger partial charge in [-0.1, -0.05) is 18.2 Å². The van der Waals surface area contributed by atoms with Gasteiger partial charge in [-0.05, 0) is 31.0 Å². The number of hydrogen-bond donors (Lipinski definition) is 2. The average Bonchev–Trinajstić information content (AvgIpc) is 3.45. The molecule has 0 aliphatic carbocycles. The number of anilines is 1. The zero-order chi connectivity index (χ0) is 19.1. The van der Waals surface area contributed by atoms with Crippen LogP contribution in [0, 0.1) is 0 Å². The molecule has 1 fully saturated rings. The zero-order valence-corrected chi connectivity index (χ0v) is 15.4. The second kappa shape index (κ2) is 6.60. The number of H-pyrrole nitrogens is 1. The maximum absolute atomic E-state index is 13.0. The van der Waals surface area contributed by atoms with Gasteiger partial charge in [0.15, 0.2) is 0 Å². The summed E-state index contributed by atoms with van der Waals surface area (Å²) in [5, 5.41) is 12.0. The Hall–Kier alpha value is -3.48. The standard InChI is InChI=1S/C21H20N4O3/c1-27-20-11-14-13-5-2-3-7-18(13)28-19(14)12-16(20)23-21(26)25-10-4-6-17(25)15-8-9-22-24-15/h2-3,5,7-9,11-12,17H,4,6,10H2,1H3,(H,22,24)(H,23,26). The molecular formula is C21H20N4O3. The van der Waals surface area contributed by atoms with Crippen LogP contribution in [0.5, 0.6) is 5.75 Å². The third-order valence-electron chi connectivity index (χ3n) is 5.34. The quantitative estimate of drug-likeness (QED) is 0.543. The van der Waals surface area contributed by atoms with E-state index in [1.54, 1.807) is 13.3 Å². The molecule has 1 saturated heterocycles. The van der Waals surface area contributed by atoms with Crippen LogP contribution in [0.2, 0.25) is 0 Å². The molecule has 4 aromatic rings. The van der Waals surface area contributed by atoms with Crippen molar-refractivity contribution in [1.29, 1.82) is 0 Å². The number of likely N-dealkylation sites (tertiary alicyclic amines) is 1. The van der Waals surface area contributed by atoms with Crippen molar-refractivity contribution in [3.63, 3.8) is 0 Å². The van der Waals surface area contributed by atoms with Gasteiger partial charge in [0.25, 0.3) is 0 Å². The van der Waals surface area contributed by atoms with Crippen LogP contribution in [0.1, 0.15) is 24.6 Å². The minimum atomic E-state index is -0.161. The minimum Gasteiger partial charge on any atom is -0.495 e. The van der Waals surface area contributed by atoms with Crippen molar-refractivity contribution in [2.45, 2.75) is 18.9 Å². The molecule has 5 rings (SSSR count). The van der Waals surface area contributed by atoms with E-state index in [0.29, 0.717) is 23.6 Å². The molecule has 7 nitrogen and oxygen atoms in total. The number of nitrogens with zero attached hydrogens (tertiary/aromatic N) is 2. The van der Waals surface area contributed by atoms with Gasteiger partial charge in [0.2, 0.25) is 0 Å². The highest BCUT2D eigenvalue weighted by molar-refractivity contribution is 6.07. The summed E-state index contributed by atoms with van der Waals surface area (Å²) >= 11 is 0. The van der Waals surface area contributed by atoms with Crippen LogP contribution in [0.15, 0.2) is 53.1 Å². The number of fused-ring (bicyclic) bond motifs is 3. The number of para-hydroxylation sites is 1. The largest absolute Gasteiger partial charge is 0.495 e. The first-order valence-corrected chi connectivity index (χ1v) is 9.31. The average molecular weight is 376 g/mol. The van der Waals surface area contributed by atoms with E-state index >= 15 is 0 Å². The zero-order valence-electron chi connectivity index (χ0n) is 15.4. The molecule has 0 radical (unpaired) electrons. The Morgan fingerprint density at radius 2 is 2.14 bits per heavy atom. The Kier molecular flexibility index (Phi) is 3.93. The van der Waals surface area contributed by atoms with E-state index in [1.807, 2.05) is 47.4 Å². The topological polar surface area (TPSA) is 83.4 Å². The Labute approximate surface area is 161 Å². The number of ether oxygens (including phenoxy) is 1. The van der Waals surface area contributed by atoms with Crippen LogP contribution in [-0.4, -0.2) is 34.8 Å². The monoisotopic (exact) mass is 376 g/mol. The van der Waals surface area contributed by atoms with Gasteiger partial charge in [-0.15, -0.1) is 0 Å². The summed E-state index contributed by atoms with van der Waals surface area (Å²) in [6, 6.07) is 13.3. The number of aromatic nitrogens is 2. The first-order chi connectivity index (χ1) is 13.7. The third-order valence-corrected chi connectivity index (χ3v) is 5.34. The van der Waals surface area contributed by atoms with E-state index in [1.165, 1.54) is 0 Å². The number of furan rings is 1. The Morgan fingerprint density at radius 1 is 1.25 bits per heavy atom. The summed E-state index contributed by atoms with van der Waals surface area (Å²) in [6.07, 6.45) is 3.58. The lowest BCUT2D eigenvalue weighted by molar-refractivity contribution is 0.206. The lowest BCUT2D eigenvalue weighted by atomic mass is 10.1. The highest BCUT2D eigenvalue weighted by Crippen LogP contribution is 2.37. The maximum Gasteiger partial charge on any atom is 0.322 e. The Balaban J connectivity index is 1.48. The molecule has 0 saturated carbocycles. The van der Waals surface area contributed by atoms with Crippen molar-refractivity contribution in [1.82, 2.24) is 15.1 Å². The van der Waals surface area contributed by atoms with Gasteiger partial charge in [-0.2, -0.15) is 5.10 Å². The van der Waals surface area contributed by atoms with Crippen molar-refractivity contribution in [2.24, 2.45) is 0 Å². The molecule has 2 aromatic carbocycles. The van der Waals surface area contributed by atoms with Crippen molar-refractivity contribution in [3.8, 4) is 5.75 Å². The lowest BCUT2D eigenvalue weighted by Gasteiger charge is -2.24. The first-order valence-electron chi connectivity index (χ1n) is 9.31.